The number of ether oxygens (including phenoxy) is 2. The smallest absolute Gasteiger partial charge is 0.394 e. The Kier molecular flexibility index (Phi) is 3.96. The lowest BCUT2D eigenvalue weighted by Crippen LogP contribution is -2.61. The summed E-state index contributed by atoms with van der Waals surface area (Å²) in [6.45, 7) is 0.576. The Morgan fingerprint density at radius 2 is 2.16 bits per heavy atom. The van der Waals surface area contributed by atoms with Gasteiger partial charge in [0.05, 0.1) is 12.9 Å². The van der Waals surface area contributed by atoms with Gasteiger partial charge in [0.15, 0.2) is 17.6 Å². The van der Waals surface area contributed by atoms with Crippen LogP contribution < -0.4 is 0 Å². The number of rotatable bonds is 3. The fourth-order valence-corrected chi connectivity index (χ4v) is 2.79. The zero-order valence-corrected chi connectivity index (χ0v) is 12.7. The standard InChI is InChI=1S/C12H14F3N5O5/c1-10-7(16)17-3-18-8(10)20(4-19-10)9-11(23,25-12(13,14)15)6(22)5(2-21)24-9/h3-6,9,16,21-23H,2H2,1H3/t5-,6-,9-,10?,11+/m1/s1. The van der Waals surface area contributed by atoms with Crippen molar-refractivity contribution < 1.29 is 38.0 Å². The molecule has 0 amide bonds. The van der Waals surface area contributed by atoms with Gasteiger partial charge in [-0.15, -0.1) is 13.2 Å². The Hall–Kier alpha value is -1.93. The van der Waals surface area contributed by atoms with Crippen LogP contribution in [0.2, 0.25) is 0 Å². The van der Waals surface area contributed by atoms with Crippen LogP contribution in [0.15, 0.2) is 15.0 Å². The Morgan fingerprint density at radius 1 is 1.48 bits per heavy atom. The molecule has 138 valence electrons. The monoisotopic (exact) mass is 365 g/mol. The van der Waals surface area contributed by atoms with Gasteiger partial charge in [-0.1, -0.05) is 0 Å². The molecule has 3 heterocycles. The fraction of sp³-hybridized carbons (Fsp3) is 0.667. The van der Waals surface area contributed by atoms with E-state index in [0.29, 0.717) is 0 Å². The van der Waals surface area contributed by atoms with Crippen molar-refractivity contribution in [1.82, 2.24) is 4.90 Å². The lowest BCUT2D eigenvalue weighted by atomic mass is 9.99. The average molecular weight is 365 g/mol. The molecule has 1 fully saturated rings. The third-order valence-electron chi connectivity index (χ3n) is 4.09. The second-order valence-corrected chi connectivity index (χ2v) is 5.72. The summed E-state index contributed by atoms with van der Waals surface area (Å²) >= 11 is 0. The van der Waals surface area contributed by atoms with Crippen LogP contribution in [0, 0.1) is 5.41 Å². The Balaban J connectivity index is 2.00. The van der Waals surface area contributed by atoms with Crippen LogP contribution >= 0.6 is 0 Å². The van der Waals surface area contributed by atoms with Gasteiger partial charge in [0.25, 0.3) is 0 Å². The number of hydrogen-bond acceptors (Lipinski definition) is 9. The van der Waals surface area contributed by atoms with E-state index >= 15 is 0 Å². The third-order valence-corrected chi connectivity index (χ3v) is 4.09. The minimum atomic E-state index is -5.30. The summed E-state index contributed by atoms with van der Waals surface area (Å²) in [4.78, 5) is 12.5. The van der Waals surface area contributed by atoms with Crippen molar-refractivity contribution in [1.29, 1.82) is 5.41 Å². The molecule has 5 atom stereocenters. The summed E-state index contributed by atoms with van der Waals surface area (Å²) in [5, 5.41) is 37.3. The Labute approximate surface area is 138 Å². The molecule has 1 unspecified atom stereocenters. The highest BCUT2D eigenvalue weighted by atomic mass is 19.4. The van der Waals surface area contributed by atoms with Crippen molar-refractivity contribution in [3.63, 3.8) is 0 Å². The maximum absolute atomic E-state index is 12.7. The minimum absolute atomic E-state index is 0.0486. The van der Waals surface area contributed by atoms with Gasteiger partial charge in [0, 0.05) is 0 Å². The van der Waals surface area contributed by atoms with E-state index in [1.54, 1.807) is 0 Å². The normalized spacial score (nSPS) is 40.6. The van der Waals surface area contributed by atoms with Gasteiger partial charge >= 0.3 is 6.36 Å². The van der Waals surface area contributed by atoms with Gasteiger partial charge in [-0.25, -0.2) is 9.98 Å². The molecule has 0 aromatic heterocycles. The molecule has 0 bridgehead atoms. The SMILES string of the molecule is CC12N=CN([C@@H]3O[C@H](CO)[C@@H](O)[C@]3(O)OC(F)(F)F)C1=NC=NC2=N. The van der Waals surface area contributed by atoms with Gasteiger partial charge < -0.3 is 20.1 Å². The number of halogens is 3. The molecule has 0 saturated carbocycles. The summed E-state index contributed by atoms with van der Waals surface area (Å²) in [5.41, 5.74) is -1.39. The molecule has 0 aromatic carbocycles. The third kappa shape index (κ3) is 2.64. The van der Waals surface area contributed by atoms with E-state index in [-0.39, 0.29) is 11.7 Å². The van der Waals surface area contributed by atoms with E-state index < -0.39 is 42.7 Å². The van der Waals surface area contributed by atoms with Gasteiger partial charge in [0.2, 0.25) is 5.79 Å². The van der Waals surface area contributed by atoms with Gasteiger partial charge in [-0.05, 0) is 6.92 Å². The molecule has 0 radical (unpaired) electrons. The van der Waals surface area contributed by atoms with Crippen molar-refractivity contribution in [2.24, 2.45) is 15.0 Å². The molecule has 0 spiro atoms. The van der Waals surface area contributed by atoms with Crippen LogP contribution in [0.5, 0.6) is 0 Å². The Morgan fingerprint density at radius 3 is 2.76 bits per heavy atom. The molecule has 13 heteroatoms. The van der Waals surface area contributed by atoms with Crippen LogP contribution in [0.4, 0.5) is 13.2 Å². The lowest BCUT2D eigenvalue weighted by Gasteiger charge is -2.37. The van der Waals surface area contributed by atoms with Crippen LogP contribution in [0.25, 0.3) is 0 Å². The first-order valence-electron chi connectivity index (χ1n) is 7.00. The summed E-state index contributed by atoms with van der Waals surface area (Å²) in [6, 6.07) is 0. The molecule has 25 heavy (non-hydrogen) atoms. The molecule has 3 rings (SSSR count). The number of hydrogen-bond donors (Lipinski definition) is 4. The summed E-state index contributed by atoms with van der Waals surface area (Å²) in [5.74, 6) is -3.54. The molecule has 0 aliphatic carbocycles. The second kappa shape index (κ2) is 5.54. The summed E-state index contributed by atoms with van der Waals surface area (Å²) < 4.78 is 47.1. The van der Waals surface area contributed by atoms with Crippen molar-refractivity contribution in [3.8, 4) is 0 Å². The maximum atomic E-state index is 12.7. The van der Waals surface area contributed by atoms with Crippen molar-refractivity contribution >= 4 is 24.3 Å². The molecule has 10 nitrogen and oxygen atoms in total. The number of aliphatic hydroxyl groups excluding tert-OH is 2. The summed E-state index contributed by atoms with van der Waals surface area (Å²) in [6.07, 6.45) is -8.98. The van der Waals surface area contributed by atoms with E-state index in [9.17, 15) is 28.5 Å². The van der Waals surface area contributed by atoms with Crippen LogP contribution in [0.3, 0.4) is 0 Å². The number of nitrogens with zero attached hydrogens (tertiary/aromatic N) is 4. The van der Waals surface area contributed by atoms with Gasteiger partial charge in [0.1, 0.15) is 24.4 Å². The first-order valence-corrected chi connectivity index (χ1v) is 7.00. The summed E-state index contributed by atoms with van der Waals surface area (Å²) in [7, 11) is 0. The molecule has 3 aliphatic heterocycles. The molecule has 3 aliphatic rings. The molecular formula is C12H14F3N5O5. The Bertz CT molecular complexity index is 683. The molecule has 1 saturated heterocycles. The van der Waals surface area contributed by atoms with Crippen molar-refractivity contribution in [2.75, 3.05) is 6.61 Å². The first-order chi connectivity index (χ1) is 11.5. The minimum Gasteiger partial charge on any atom is -0.394 e. The fourth-order valence-electron chi connectivity index (χ4n) is 2.79. The zero-order valence-electron chi connectivity index (χ0n) is 12.7. The number of alkyl halides is 3. The van der Waals surface area contributed by atoms with E-state index in [0.717, 1.165) is 17.6 Å². The maximum Gasteiger partial charge on any atom is 0.525 e. The van der Waals surface area contributed by atoms with Crippen molar-refractivity contribution in [3.05, 3.63) is 0 Å². The van der Waals surface area contributed by atoms with Gasteiger partial charge in [-0.3, -0.25) is 20.0 Å². The number of amidine groups is 2. The van der Waals surface area contributed by atoms with Crippen molar-refractivity contribution in [2.45, 2.75) is 43.0 Å². The largest absolute Gasteiger partial charge is 0.525 e. The molecular weight excluding hydrogens is 351 g/mol. The van der Waals surface area contributed by atoms with Crippen LogP contribution in [0.1, 0.15) is 6.92 Å². The zero-order chi connectivity index (χ0) is 18.6. The van der Waals surface area contributed by atoms with E-state index in [1.807, 2.05) is 0 Å². The van der Waals surface area contributed by atoms with Gasteiger partial charge in [-0.2, -0.15) is 0 Å². The van der Waals surface area contributed by atoms with E-state index in [1.165, 1.54) is 6.92 Å². The highest BCUT2D eigenvalue weighted by molar-refractivity contribution is 6.23. The lowest BCUT2D eigenvalue weighted by molar-refractivity contribution is -0.431. The predicted molar refractivity (Wildman–Crippen MR) is 76.2 cm³/mol. The van der Waals surface area contributed by atoms with E-state index in [2.05, 4.69) is 19.7 Å². The first kappa shape index (κ1) is 17.9. The second-order valence-electron chi connectivity index (χ2n) is 5.72. The quantitative estimate of drug-likeness (QED) is 0.463. The number of aliphatic hydroxyl groups is 3. The molecule has 4 N–H and O–H groups in total. The topological polar surface area (TPSA) is 143 Å². The number of fused-ring (bicyclic) bond motifs is 1. The number of nitrogens with one attached hydrogen (secondary N) is 1. The highest BCUT2D eigenvalue weighted by Crippen LogP contribution is 2.41. The predicted octanol–water partition coefficient (Wildman–Crippen LogP) is -1.19. The number of aliphatic imine (C=N–C) groups is 3. The van der Waals surface area contributed by atoms with Crippen LogP contribution in [-0.2, 0) is 9.47 Å². The molecule has 0 aromatic rings. The van der Waals surface area contributed by atoms with E-state index in [4.69, 9.17) is 10.1 Å². The van der Waals surface area contributed by atoms with Crippen LogP contribution in [-0.4, -0.2) is 87.3 Å². The highest BCUT2D eigenvalue weighted by Gasteiger charge is 2.65. The average Bonchev–Trinajstić information content (AvgIpc) is 2.96.